The van der Waals surface area contributed by atoms with Crippen LogP contribution in [-0.2, 0) is 0 Å². The molecule has 0 spiro atoms. The molecule has 1 aliphatic heterocycles. The Labute approximate surface area is 306 Å². The molecule has 10 aromatic rings. The minimum Gasteiger partial charge on any atom is -0.456 e. The highest BCUT2D eigenvalue weighted by atomic mass is 32.1. The smallest absolute Gasteiger partial charge is 0.137 e. The van der Waals surface area contributed by atoms with E-state index in [4.69, 9.17) is 4.42 Å². The topological polar surface area (TPSA) is 16.4 Å². The number of para-hydroxylation sites is 1. The van der Waals surface area contributed by atoms with Crippen molar-refractivity contribution < 1.29 is 4.42 Å². The summed E-state index contributed by atoms with van der Waals surface area (Å²) in [5, 5.41) is 10.6. The number of nitrogens with zero attached hydrogens (tertiary/aromatic N) is 1. The lowest BCUT2D eigenvalue weighted by molar-refractivity contribution is 0.669. The maximum Gasteiger partial charge on any atom is 0.137 e. The molecule has 52 heavy (non-hydrogen) atoms. The number of furan rings is 1. The molecule has 0 radical (unpaired) electrons. The molecule has 11 rings (SSSR count). The summed E-state index contributed by atoms with van der Waals surface area (Å²) in [6, 6.07) is 60.2. The van der Waals surface area contributed by atoms with E-state index in [0.29, 0.717) is 0 Å². The van der Waals surface area contributed by atoms with Gasteiger partial charge < -0.3 is 9.32 Å². The standard InChI is InChI=1S/C48H33NOSSi/c1-52(2)44-27-26-43-47(37-13-6-8-17-42(37)51-43)48(44)38-25-24-35(29-45(38)52)49(39-14-9-16-41-46(39)36-12-5-7-15-40(36)50-41)34-22-20-31(21-23-34)33-19-18-30-10-3-4-11-32(30)28-33/h3-29H,1-2H3. The Bertz CT molecular complexity index is 3060. The summed E-state index contributed by atoms with van der Waals surface area (Å²) < 4.78 is 9.15. The second-order valence-electron chi connectivity index (χ2n) is 14.5. The molecule has 0 atom stereocenters. The van der Waals surface area contributed by atoms with Gasteiger partial charge in [-0.05, 0) is 104 Å². The number of thiophene rings is 1. The third kappa shape index (κ3) is 4.29. The van der Waals surface area contributed by atoms with E-state index in [1.54, 1.807) is 0 Å². The molecule has 2 nitrogen and oxygen atoms in total. The fraction of sp³-hybridized carbons (Fsp3) is 0.0417. The Kier molecular flexibility index (Phi) is 6.31. The molecule has 0 aliphatic carbocycles. The molecule has 0 fully saturated rings. The molecule has 3 heterocycles. The van der Waals surface area contributed by atoms with Gasteiger partial charge in [-0.3, -0.25) is 0 Å². The van der Waals surface area contributed by atoms with Gasteiger partial charge >= 0.3 is 0 Å². The highest BCUT2D eigenvalue weighted by Gasteiger charge is 2.39. The molecule has 0 bridgehead atoms. The molecule has 1 aliphatic rings. The minimum absolute atomic E-state index is 0.895. The van der Waals surface area contributed by atoms with Crippen LogP contribution in [0.3, 0.4) is 0 Å². The van der Waals surface area contributed by atoms with Crippen LogP contribution in [0.5, 0.6) is 0 Å². The van der Waals surface area contributed by atoms with E-state index in [9.17, 15) is 0 Å². The van der Waals surface area contributed by atoms with Crippen LogP contribution in [0.4, 0.5) is 17.1 Å². The molecular formula is C48H33NOSSi. The number of fused-ring (bicyclic) bond motifs is 11. The molecular weight excluding hydrogens is 667 g/mol. The van der Waals surface area contributed by atoms with Crippen LogP contribution in [0.15, 0.2) is 168 Å². The first-order chi connectivity index (χ1) is 25.5. The molecule has 0 saturated carbocycles. The Morgan fingerprint density at radius 2 is 1.23 bits per heavy atom. The van der Waals surface area contributed by atoms with Gasteiger partial charge in [-0.1, -0.05) is 116 Å². The van der Waals surface area contributed by atoms with E-state index >= 15 is 0 Å². The van der Waals surface area contributed by atoms with Crippen molar-refractivity contribution in [2.45, 2.75) is 13.1 Å². The monoisotopic (exact) mass is 699 g/mol. The van der Waals surface area contributed by atoms with Gasteiger partial charge in [0.05, 0.1) is 11.1 Å². The second-order valence-corrected chi connectivity index (χ2v) is 19.9. The van der Waals surface area contributed by atoms with Crippen molar-refractivity contribution in [3.8, 4) is 22.3 Å². The van der Waals surface area contributed by atoms with Gasteiger partial charge in [0.2, 0.25) is 0 Å². The molecule has 4 heteroatoms. The average Bonchev–Trinajstić information content (AvgIpc) is 3.83. The maximum absolute atomic E-state index is 6.43. The fourth-order valence-electron chi connectivity index (χ4n) is 8.71. The third-order valence-electron chi connectivity index (χ3n) is 11.3. The zero-order valence-corrected chi connectivity index (χ0v) is 30.7. The van der Waals surface area contributed by atoms with Gasteiger partial charge in [-0.25, -0.2) is 0 Å². The lowest BCUT2D eigenvalue weighted by Crippen LogP contribution is -2.49. The Morgan fingerprint density at radius 3 is 2.12 bits per heavy atom. The van der Waals surface area contributed by atoms with Crippen molar-refractivity contribution in [1.82, 2.24) is 0 Å². The van der Waals surface area contributed by atoms with E-state index in [-0.39, 0.29) is 0 Å². The van der Waals surface area contributed by atoms with E-state index in [1.165, 1.54) is 63.6 Å². The van der Waals surface area contributed by atoms with E-state index < -0.39 is 8.07 Å². The van der Waals surface area contributed by atoms with Gasteiger partial charge in [0.25, 0.3) is 0 Å². The van der Waals surface area contributed by atoms with Crippen molar-refractivity contribution in [3.05, 3.63) is 164 Å². The van der Waals surface area contributed by atoms with Crippen LogP contribution in [0, 0.1) is 0 Å². The summed E-state index contributed by atoms with van der Waals surface area (Å²) in [6.07, 6.45) is 0. The first kappa shape index (κ1) is 29.8. The van der Waals surface area contributed by atoms with E-state index in [0.717, 1.165) is 39.0 Å². The molecule has 0 amide bonds. The number of hydrogen-bond acceptors (Lipinski definition) is 3. The van der Waals surface area contributed by atoms with Crippen LogP contribution in [0.1, 0.15) is 0 Å². The van der Waals surface area contributed by atoms with Crippen molar-refractivity contribution >= 4 is 99.7 Å². The van der Waals surface area contributed by atoms with Crippen molar-refractivity contribution in [1.29, 1.82) is 0 Å². The Hall–Kier alpha value is -5.94. The molecule has 0 N–H and O–H groups in total. The van der Waals surface area contributed by atoms with Crippen LogP contribution >= 0.6 is 11.3 Å². The lowest BCUT2D eigenvalue weighted by atomic mass is 9.98. The predicted octanol–water partition coefficient (Wildman–Crippen LogP) is 13.0. The molecule has 8 aromatic carbocycles. The lowest BCUT2D eigenvalue weighted by Gasteiger charge is -2.28. The number of rotatable bonds is 4. The summed E-state index contributed by atoms with van der Waals surface area (Å²) in [5.41, 5.74) is 10.4. The summed E-state index contributed by atoms with van der Waals surface area (Å²) in [4.78, 5) is 2.44. The fourth-order valence-corrected chi connectivity index (χ4v) is 12.9. The van der Waals surface area contributed by atoms with E-state index in [2.05, 4.69) is 176 Å². The number of anilines is 3. The Balaban J connectivity index is 1.12. The zero-order chi connectivity index (χ0) is 34.6. The second kappa shape index (κ2) is 11.0. The number of benzene rings is 8. The predicted molar refractivity (Wildman–Crippen MR) is 226 cm³/mol. The van der Waals surface area contributed by atoms with Crippen molar-refractivity contribution in [3.63, 3.8) is 0 Å². The average molecular weight is 700 g/mol. The number of hydrogen-bond donors (Lipinski definition) is 0. The summed E-state index contributed by atoms with van der Waals surface area (Å²) in [7, 11) is -2.04. The maximum atomic E-state index is 6.43. The summed E-state index contributed by atoms with van der Waals surface area (Å²) in [5.74, 6) is 0. The van der Waals surface area contributed by atoms with Crippen LogP contribution < -0.4 is 15.3 Å². The van der Waals surface area contributed by atoms with Crippen molar-refractivity contribution in [2.75, 3.05) is 4.90 Å². The highest BCUT2D eigenvalue weighted by molar-refractivity contribution is 7.26. The van der Waals surface area contributed by atoms with Gasteiger partial charge in [0.1, 0.15) is 19.2 Å². The normalized spacial score (nSPS) is 13.3. The third-order valence-corrected chi connectivity index (χ3v) is 15.9. The van der Waals surface area contributed by atoms with Crippen molar-refractivity contribution in [2.24, 2.45) is 0 Å². The molecule has 2 aromatic heterocycles. The summed E-state index contributed by atoms with van der Waals surface area (Å²) >= 11 is 1.91. The van der Waals surface area contributed by atoms with Gasteiger partial charge in [0.15, 0.2) is 0 Å². The van der Waals surface area contributed by atoms with Gasteiger partial charge in [-0.15, -0.1) is 11.3 Å². The highest BCUT2D eigenvalue weighted by Crippen LogP contribution is 2.46. The van der Waals surface area contributed by atoms with Crippen LogP contribution in [0.2, 0.25) is 13.1 Å². The SMILES string of the molecule is C[Si]1(C)c2cc(N(c3ccc(-c4ccc5ccccc5c4)cc3)c3cccc4oc5ccccc5c34)ccc2-c2c1ccc1sc3ccccc3c21. The van der Waals surface area contributed by atoms with Gasteiger partial charge in [-0.2, -0.15) is 0 Å². The first-order valence-corrected chi connectivity index (χ1v) is 21.7. The quantitative estimate of drug-likeness (QED) is 0.170. The zero-order valence-electron chi connectivity index (χ0n) is 28.9. The van der Waals surface area contributed by atoms with Crippen LogP contribution in [0.25, 0.3) is 75.1 Å². The van der Waals surface area contributed by atoms with Gasteiger partial charge in [0, 0.05) is 36.9 Å². The summed E-state index contributed by atoms with van der Waals surface area (Å²) in [6.45, 7) is 5.05. The van der Waals surface area contributed by atoms with E-state index in [1.807, 2.05) is 17.4 Å². The first-order valence-electron chi connectivity index (χ1n) is 17.9. The molecule has 246 valence electrons. The van der Waals surface area contributed by atoms with Crippen LogP contribution in [-0.4, -0.2) is 8.07 Å². The molecule has 0 unspecified atom stereocenters. The molecule has 0 saturated heterocycles. The minimum atomic E-state index is -2.04. The largest absolute Gasteiger partial charge is 0.456 e. The Morgan fingerprint density at radius 1 is 0.500 bits per heavy atom.